The largest absolute Gasteiger partial charge is 0.495 e. The number of ether oxygens (including phenoxy) is 4. The van der Waals surface area contributed by atoms with Crippen molar-refractivity contribution in [2.24, 2.45) is 5.92 Å². The maximum Gasteiger partial charge on any atom is 0.422 e. The number of hydrogen-bond donors (Lipinski definition) is 1. The highest BCUT2D eigenvalue weighted by atomic mass is 32.2. The van der Waals surface area contributed by atoms with Crippen molar-refractivity contribution in [3.63, 3.8) is 0 Å². The summed E-state index contributed by atoms with van der Waals surface area (Å²) in [4.78, 5) is 44.1. The van der Waals surface area contributed by atoms with Gasteiger partial charge in [0.1, 0.15) is 30.3 Å². The molecule has 14 heteroatoms. The maximum absolute atomic E-state index is 13.5. The van der Waals surface area contributed by atoms with E-state index in [0.717, 1.165) is 7.11 Å². The van der Waals surface area contributed by atoms with Crippen molar-refractivity contribution in [3.05, 3.63) is 60.2 Å². The van der Waals surface area contributed by atoms with Gasteiger partial charge in [0.2, 0.25) is 0 Å². The second-order valence-corrected chi connectivity index (χ2v) is 13.0. The van der Waals surface area contributed by atoms with E-state index in [9.17, 15) is 22.8 Å². The normalized spacial score (nSPS) is 11.6. The van der Waals surface area contributed by atoms with Crippen LogP contribution in [0.3, 0.4) is 0 Å². The van der Waals surface area contributed by atoms with Crippen LogP contribution in [0.5, 0.6) is 5.75 Å². The third kappa shape index (κ3) is 9.96. The first-order chi connectivity index (χ1) is 21.1. The fourth-order valence-electron chi connectivity index (χ4n) is 4.04. The van der Waals surface area contributed by atoms with Crippen LogP contribution in [0.25, 0.3) is 10.9 Å². The molecule has 1 heterocycles. The van der Waals surface area contributed by atoms with E-state index < -0.39 is 40.5 Å². The number of esters is 1. The van der Waals surface area contributed by atoms with E-state index in [0.29, 0.717) is 28.2 Å². The number of pyridine rings is 1. The summed E-state index contributed by atoms with van der Waals surface area (Å²) in [5.74, 6) is -0.284. The molecule has 13 nitrogen and oxygen atoms in total. The van der Waals surface area contributed by atoms with Crippen molar-refractivity contribution < 1.29 is 41.7 Å². The van der Waals surface area contributed by atoms with E-state index in [1.807, 2.05) is 18.6 Å². The Morgan fingerprint density at radius 1 is 1.00 bits per heavy atom. The molecule has 0 unspecified atom stereocenters. The van der Waals surface area contributed by atoms with Gasteiger partial charge >= 0.3 is 28.4 Å². The standard InChI is InChI=1S/C31H40N4O9S/c1-21(2)15-16-34(30(38)44-31(3,4)5)27-14-13-23-17-26(41-6)25(18-24(23)32-27)35(19-28(36)42-7)45(39,40)33-29(37)43-20-22-11-9-8-10-12-22/h8-14,17-18,21H,15-16,19-20H2,1-7H3,(H,33,37). The Kier molecular flexibility index (Phi) is 11.6. The van der Waals surface area contributed by atoms with Crippen LogP contribution < -0.4 is 18.7 Å². The lowest BCUT2D eigenvalue weighted by molar-refractivity contribution is -0.138. The molecule has 244 valence electrons. The van der Waals surface area contributed by atoms with Crippen molar-refractivity contribution in [1.82, 2.24) is 9.71 Å². The summed E-state index contributed by atoms with van der Waals surface area (Å²) in [6.45, 7) is 8.68. The number of fused-ring (bicyclic) bond motifs is 1. The van der Waals surface area contributed by atoms with Gasteiger partial charge < -0.3 is 18.9 Å². The van der Waals surface area contributed by atoms with Crippen LogP contribution in [-0.4, -0.2) is 64.5 Å². The number of amides is 2. The molecule has 2 amide bonds. The van der Waals surface area contributed by atoms with Crippen molar-refractivity contribution in [1.29, 1.82) is 0 Å². The lowest BCUT2D eigenvalue weighted by Crippen LogP contribution is -2.46. The Hall–Kier alpha value is -4.59. The van der Waals surface area contributed by atoms with Gasteiger partial charge in [0.05, 0.1) is 25.4 Å². The molecule has 3 rings (SSSR count). The number of methoxy groups -OCH3 is 2. The van der Waals surface area contributed by atoms with E-state index in [4.69, 9.17) is 18.9 Å². The molecule has 0 saturated heterocycles. The topological polar surface area (TPSA) is 154 Å². The molecule has 1 aromatic heterocycles. The molecule has 0 spiro atoms. The van der Waals surface area contributed by atoms with Crippen LogP contribution in [0.4, 0.5) is 21.1 Å². The summed E-state index contributed by atoms with van der Waals surface area (Å²) in [7, 11) is -2.32. The lowest BCUT2D eigenvalue weighted by Gasteiger charge is -2.28. The lowest BCUT2D eigenvalue weighted by atomic mass is 10.1. The highest BCUT2D eigenvalue weighted by Gasteiger charge is 2.31. The molecule has 0 atom stereocenters. The molecular weight excluding hydrogens is 604 g/mol. The second kappa shape index (κ2) is 14.9. The first-order valence-electron chi connectivity index (χ1n) is 14.2. The van der Waals surface area contributed by atoms with E-state index >= 15 is 0 Å². The molecule has 1 N–H and O–H groups in total. The molecule has 0 radical (unpaired) electrons. The van der Waals surface area contributed by atoms with Gasteiger partial charge in [0.15, 0.2) is 0 Å². The number of benzene rings is 2. The number of anilines is 2. The van der Waals surface area contributed by atoms with Crippen molar-refractivity contribution >= 4 is 50.8 Å². The molecule has 0 fully saturated rings. The maximum atomic E-state index is 13.5. The number of carbonyl (C=O) groups excluding carboxylic acids is 3. The minimum absolute atomic E-state index is 0.0628. The summed E-state index contributed by atoms with van der Waals surface area (Å²) in [6, 6.07) is 15.0. The molecule has 3 aromatic rings. The highest BCUT2D eigenvalue weighted by Crippen LogP contribution is 2.35. The molecule has 0 aliphatic carbocycles. The number of carbonyl (C=O) groups is 3. The van der Waals surface area contributed by atoms with Gasteiger partial charge in [-0.1, -0.05) is 44.2 Å². The summed E-state index contributed by atoms with van der Waals surface area (Å²) in [6.07, 6.45) is -1.17. The van der Waals surface area contributed by atoms with Gasteiger partial charge in [-0.3, -0.25) is 9.69 Å². The number of hydrogen-bond acceptors (Lipinski definition) is 10. The fraction of sp³-hybridized carbons (Fsp3) is 0.419. The zero-order valence-electron chi connectivity index (χ0n) is 26.5. The minimum atomic E-state index is -4.75. The minimum Gasteiger partial charge on any atom is -0.495 e. The van der Waals surface area contributed by atoms with E-state index in [1.54, 1.807) is 63.2 Å². The quantitative estimate of drug-likeness (QED) is 0.206. The van der Waals surface area contributed by atoms with Crippen LogP contribution >= 0.6 is 0 Å². The predicted molar refractivity (Wildman–Crippen MR) is 169 cm³/mol. The second-order valence-electron chi connectivity index (χ2n) is 11.5. The van der Waals surface area contributed by atoms with Gasteiger partial charge in [-0.15, -0.1) is 0 Å². The monoisotopic (exact) mass is 644 g/mol. The van der Waals surface area contributed by atoms with E-state index in [1.165, 1.54) is 24.1 Å². The molecule has 0 bridgehead atoms. The van der Waals surface area contributed by atoms with Crippen LogP contribution in [0.2, 0.25) is 0 Å². The average Bonchev–Trinajstić information content (AvgIpc) is 2.97. The van der Waals surface area contributed by atoms with Crippen LogP contribution in [0.15, 0.2) is 54.6 Å². The van der Waals surface area contributed by atoms with Crippen molar-refractivity contribution in [2.75, 3.05) is 36.5 Å². The van der Waals surface area contributed by atoms with Gasteiger partial charge in [-0.05, 0) is 62.9 Å². The fourth-order valence-corrected chi connectivity index (χ4v) is 5.09. The summed E-state index contributed by atoms with van der Waals surface area (Å²) in [5.41, 5.74) is 0.0543. The predicted octanol–water partition coefficient (Wildman–Crippen LogP) is 5.18. The molecule has 45 heavy (non-hydrogen) atoms. The van der Waals surface area contributed by atoms with Gasteiger partial charge in [-0.25, -0.2) is 23.6 Å². The number of rotatable bonds is 12. The summed E-state index contributed by atoms with van der Waals surface area (Å²) in [5, 5.41) is 0.554. The molecular formula is C31H40N4O9S. The SMILES string of the molecule is COC(=O)CN(c1cc2nc(N(CCC(C)C)C(=O)OC(C)(C)C)ccc2cc1OC)S(=O)(=O)NC(=O)OCc1ccccc1. The molecule has 0 aliphatic rings. The Morgan fingerprint density at radius 2 is 1.69 bits per heavy atom. The number of nitrogens with zero attached hydrogens (tertiary/aromatic N) is 3. The van der Waals surface area contributed by atoms with Gasteiger partial charge in [0, 0.05) is 11.9 Å². The zero-order chi connectivity index (χ0) is 33.4. The average molecular weight is 645 g/mol. The number of aromatic nitrogens is 1. The smallest absolute Gasteiger partial charge is 0.422 e. The highest BCUT2D eigenvalue weighted by molar-refractivity contribution is 7.91. The first kappa shape index (κ1) is 34.9. The van der Waals surface area contributed by atoms with Crippen molar-refractivity contribution in [3.8, 4) is 5.75 Å². The Bertz CT molecular complexity index is 1610. The Labute approximate surface area is 263 Å². The zero-order valence-corrected chi connectivity index (χ0v) is 27.3. The van der Waals surface area contributed by atoms with Crippen LogP contribution in [-0.2, 0) is 35.8 Å². The van der Waals surface area contributed by atoms with E-state index in [2.05, 4.69) is 4.98 Å². The Balaban J connectivity index is 2.04. The van der Waals surface area contributed by atoms with E-state index in [-0.39, 0.29) is 35.3 Å². The van der Waals surface area contributed by atoms with Crippen LogP contribution in [0.1, 0.15) is 46.6 Å². The summed E-state index contributed by atoms with van der Waals surface area (Å²) >= 11 is 0. The van der Waals surface area contributed by atoms with Gasteiger partial charge in [0.25, 0.3) is 0 Å². The van der Waals surface area contributed by atoms with Gasteiger partial charge in [-0.2, -0.15) is 8.42 Å². The molecule has 0 aliphatic heterocycles. The number of nitrogens with one attached hydrogen (secondary N) is 1. The Morgan fingerprint density at radius 3 is 2.29 bits per heavy atom. The third-order valence-corrected chi connectivity index (χ3v) is 7.61. The molecule has 2 aromatic carbocycles. The van der Waals surface area contributed by atoms with Crippen LogP contribution in [0, 0.1) is 5.92 Å². The first-order valence-corrected chi connectivity index (χ1v) is 15.6. The van der Waals surface area contributed by atoms with Crippen molar-refractivity contribution in [2.45, 2.75) is 53.2 Å². The summed E-state index contributed by atoms with van der Waals surface area (Å²) < 4.78 is 50.4. The molecule has 0 saturated carbocycles. The third-order valence-electron chi connectivity index (χ3n) is 6.28.